The Kier molecular flexibility index (Phi) is 4.82. The molecule has 2 aromatic rings. The zero-order valence-electron chi connectivity index (χ0n) is 13.1. The molecule has 1 fully saturated rings. The number of benzene rings is 1. The molecule has 11 heteroatoms. The fraction of sp³-hybridized carbons (Fsp3) is 0.429. The molecule has 0 unspecified atom stereocenters. The molecule has 25 heavy (non-hydrogen) atoms. The van der Waals surface area contributed by atoms with E-state index in [-0.39, 0.29) is 25.3 Å². The van der Waals surface area contributed by atoms with Crippen LogP contribution in [0.5, 0.6) is 0 Å². The summed E-state index contributed by atoms with van der Waals surface area (Å²) in [5.41, 5.74) is -0.0359. The van der Waals surface area contributed by atoms with E-state index in [0.29, 0.717) is 6.07 Å². The minimum Gasteiger partial charge on any atom is -0.341 e. The van der Waals surface area contributed by atoms with Gasteiger partial charge in [0.25, 0.3) is 10.1 Å². The van der Waals surface area contributed by atoms with Gasteiger partial charge in [-0.1, -0.05) is 0 Å². The van der Waals surface area contributed by atoms with Crippen molar-refractivity contribution in [1.29, 1.82) is 0 Å². The molecule has 1 aromatic heterocycles. The van der Waals surface area contributed by atoms with Gasteiger partial charge >= 0.3 is 0 Å². The van der Waals surface area contributed by atoms with Crippen molar-refractivity contribution in [3.8, 4) is 0 Å². The fourth-order valence-corrected chi connectivity index (χ4v) is 2.88. The predicted octanol–water partition coefficient (Wildman–Crippen LogP) is 0.801. The van der Waals surface area contributed by atoms with Crippen LogP contribution in [0.15, 0.2) is 30.9 Å². The smallest absolute Gasteiger partial charge is 0.264 e. The Morgan fingerprint density at radius 3 is 2.88 bits per heavy atom. The van der Waals surface area contributed by atoms with Gasteiger partial charge in [-0.05, 0) is 12.1 Å². The molecule has 1 saturated heterocycles. The van der Waals surface area contributed by atoms with Crippen LogP contribution in [-0.4, -0.2) is 48.8 Å². The highest BCUT2D eigenvalue weighted by molar-refractivity contribution is 7.85. The van der Waals surface area contributed by atoms with E-state index in [1.54, 1.807) is 0 Å². The van der Waals surface area contributed by atoms with Gasteiger partial charge in [0.15, 0.2) is 0 Å². The van der Waals surface area contributed by atoms with Crippen LogP contribution in [0, 0.1) is 11.6 Å². The van der Waals surface area contributed by atoms with Crippen molar-refractivity contribution < 1.29 is 30.9 Å². The minimum atomic E-state index is -3.66. The first-order valence-corrected chi connectivity index (χ1v) is 9.03. The molecule has 2 heterocycles. The van der Waals surface area contributed by atoms with Crippen LogP contribution in [0.2, 0.25) is 0 Å². The highest BCUT2D eigenvalue weighted by Crippen LogP contribution is 2.37. The van der Waals surface area contributed by atoms with Crippen LogP contribution >= 0.6 is 0 Å². The Bertz CT molecular complexity index is 846. The second-order valence-electron chi connectivity index (χ2n) is 5.51. The Morgan fingerprint density at radius 2 is 2.24 bits per heavy atom. The SMILES string of the molecule is CS(=O)(=O)OC[C@H]1CO[C@](Cn2cncn2)(c2ccc(F)cc2F)O1. The lowest BCUT2D eigenvalue weighted by molar-refractivity contribution is -0.192. The first kappa shape index (κ1) is 17.9. The predicted molar refractivity (Wildman–Crippen MR) is 79.7 cm³/mol. The van der Waals surface area contributed by atoms with E-state index in [0.717, 1.165) is 12.3 Å². The van der Waals surface area contributed by atoms with Crippen molar-refractivity contribution in [3.05, 3.63) is 48.1 Å². The summed E-state index contributed by atoms with van der Waals surface area (Å²) in [6.45, 7) is -0.396. The van der Waals surface area contributed by atoms with E-state index in [4.69, 9.17) is 13.7 Å². The van der Waals surface area contributed by atoms with Crippen molar-refractivity contribution in [2.75, 3.05) is 19.5 Å². The maximum Gasteiger partial charge on any atom is 0.264 e. The standard InChI is InChI=1S/C14H15F2N3O5S/c1-25(20,21)23-6-11-5-22-14(24-11,7-19-9-17-8-18-19)12-3-2-10(15)4-13(12)16/h2-4,8-9,11H,5-7H2,1H3/t11-,14+/m1/s1. The number of hydrogen-bond donors (Lipinski definition) is 0. The van der Waals surface area contributed by atoms with E-state index in [1.165, 1.54) is 23.4 Å². The monoisotopic (exact) mass is 375 g/mol. The number of aromatic nitrogens is 3. The van der Waals surface area contributed by atoms with Crippen LogP contribution in [0.25, 0.3) is 0 Å². The summed E-state index contributed by atoms with van der Waals surface area (Å²) < 4.78 is 67.3. The van der Waals surface area contributed by atoms with Crippen LogP contribution in [-0.2, 0) is 36.1 Å². The van der Waals surface area contributed by atoms with Gasteiger partial charge in [0.1, 0.15) is 36.9 Å². The average molecular weight is 375 g/mol. The summed E-state index contributed by atoms with van der Waals surface area (Å²) in [6.07, 6.45) is 2.82. The molecule has 0 N–H and O–H groups in total. The number of hydrogen-bond acceptors (Lipinski definition) is 7. The third-order valence-electron chi connectivity index (χ3n) is 3.51. The summed E-state index contributed by atoms with van der Waals surface area (Å²) >= 11 is 0. The molecule has 1 aliphatic heterocycles. The molecule has 0 amide bonds. The van der Waals surface area contributed by atoms with E-state index in [1.807, 2.05) is 0 Å². The van der Waals surface area contributed by atoms with Gasteiger partial charge in [0.05, 0.1) is 19.5 Å². The average Bonchev–Trinajstić information content (AvgIpc) is 3.15. The van der Waals surface area contributed by atoms with Gasteiger partial charge < -0.3 is 9.47 Å². The number of ether oxygens (including phenoxy) is 2. The third-order valence-corrected chi connectivity index (χ3v) is 4.07. The highest BCUT2D eigenvalue weighted by Gasteiger charge is 2.46. The quantitative estimate of drug-likeness (QED) is 0.690. The van der Waals surface area contributed by atoms with E-state index in [2.05, 4.69) is 10.1 Å². The molecular formula is C14H15F2N3O5S. The van der Waals surface area contributed by atoms with Crippen LogP contribution in [0.1, 0.15) is 5.56 Å². The normalized spacial score (nSPS) is 23.9. The Hall–Kier alpha value is -1.95. The molecule has 0 spiro atoms. The maximum atomic E-state index is 14.3. The lowest BCUT2D eigenvalue weighted by Crippen LogP contribution is -2.35. The fourth-order valence-electron chi connectivity index (χ4n) is 2.48. The van der Waals surface area contributed by atoms with Gasteiger partial charge in [-0.3, -0.25) is 4.18 Å². The zero-order valence-corrected chi connectivity index (χ0v) is 13.9. The first-order valence-electron chi connectivity index (χ1n) is 7.21. The second-order valence-corrected chi connectivity index (χ2v) is 7.15. The largest absolute Gasteiger partial charge is 0.341 e. The van der Waals surface area contributed by atoms with E-state index >= 15 is 0 Å². The lowest BCUT2D eigenvalue weighted by Gasteiger charge is -2.28. The van der Waals surface area contributed by atoms with E-state index in [9.17, 15) is 17.2 Å². The number of halogens is 2. The topological polar surface area (TPSA) is 92.5 Å². The molecule has 1 aromatic carbocycles. The first-order chi connectivity index (χ1) is 11.8. The molecule has 136 valence electrons. The van der Waals surface area contributed by atoms with Crippen LogP contribution in [0.3, 0.4) is 0 Å². The molecule has 3 rings (SSSR count). The summed E-state index contributed by atoms with van der Waals surface area (Å²) in [6, 6.07) is 3.00. The Balaban J connectivity index is 1.88. The molecule has 1 aliphatic rings. The van der Waals surface area contributed by atoms with E-state index < -0.39 is 33.6 Å². The maximum absolute atomic E-state index is 14.3. The summed E-state index contributed by atoms with van der Waals surface area (Å²) in [4.78, 5) is 3.80. The van der Waals surface area contributed by atoms with Crippen molar-refractivity contribution in [1.82, 2.24) is 14.8 Å². The van der Waals surface area contributed by atoms with Gasteiger partial charge in [-0.15, -0.1) is 0 Å². The molecule has 0 saturated carbocycles. The Labute approximate surface area is 142 Å². The van der Waals surface area contributed by atoms with Crippen LogP contribution < -0.4 is 0 Å². The molecule has 2 atom stereocenters. The van der Waals surface area contributed by atoms with Crippen molar-refractivity contribution in [2.45, 2.75) is 18.4 Å². The van der Waals surface area contributed by atoms with Crippen molar-refractivity contribution in [2.24, 2.45) is 0 Å². The van der Waals surface area contributed by atoms with Gasteiger partial charge in [-0.25, -0.2) is 18.4 Å². The zero-order chi connectivity index (χ0) is 18.1. The lowest BCUT2D eigenvalue weighted by atomic mass is 10.0. The molecule has 0 aliphatic carbocycles. The molecule has 0 bridgehead atoms. The second kappa shape index (κ2) is 6.75. The van der Waals surface area contributed by atoms with Gasteiger partial charge in [-0.2, -0.15) is 13.5 Å². The third kappa shape index (κ3) is 4.18. The number of nitrogens with zero attached hydrogens (tertiary/aromatic N) is 3. The number of rotatable bonds is 6. The molecule has 8 nitrogen and oxygen atoms in total. The molecular weight excluding hydrogens is 360 g/mol. The molecule has 0 radical (unpaired) electrons. The minimum absolute atomic E-state index is 0.0359. The van der Waals surface area contributed by atoms with Crippen molar-refractivity contribution in [3.63, 3.8) is 0 Å². The highest BCUT2D eigenvalue weighted by atomic mass is 32.2. The Morgan fingerprint density at radius 1 is 1.44 bits per heavy atom. The summed E-state index contributed by atoms with van der Waals surface area (Å²) in [7, 11) is -3.66. The summed E-state index contributed by atoms with van der Waals surface area (Å²) in [5, 5.41) is 3.93. The van der Waals surface area contributed by atoms with Crippen LogP contribution in [0.4, 0.5) is 8.78 Å². The van der Waals surface area contributed by atoms with Gasteiger partial charge in [0, 0.05) is 11.6 Å². The van der Waals surface area contributed by atoms with Gasteiger partial charge in [0.2, 0.25) is 5.79 Å². The van der Waals surface area contributed by atoms with Crippen molar-refractivity contribution >= 4 is 10.1 Å². The summed E-state index contributed by atoms with van der Waals surface area (Å²) in [5.74, 6) is -3.21.